The number of ether oxygens (including phenoxy) is 9. The van der Waals surface area contributed by atoms with Crippen LogP contribution in [-0.4, -0.2) is 168 Å². The molecule has 1 aliphatic heterocycles. The molecule has 398 valence electrons. The molecule has 0 unspecified atom stereocenters. The fourth-order valence-corrected chi connectivity index (χ4v) is 8.20. The molecule has 0 atom stereocenters. The molecule has 3 aromatic rings. The molecule has 2 aromatic heterocycles. The molecule has 1 fully saturated rings. The maximum atomic E-state index is 6.00. The Morgan fingerprint density at radius 3 is 1.40 bits per heavy atom. The molecule has 1 saturated heterocycles. The van der Waals surface area contributed by atoms with Gasteiger partial charge in [-0.1, -0.05) is 127 Å². The van der Waals surface area contributed by atoms with Gasteiger partial charge < -0.3 is 42.6 Å². The van der Waals surface area contributed by atoms with E-state index in [4.69, 9.17) is 42.6 Å². The molecule has 0 N–H and O–H groups in total. The first-order chi connectivity index (χ1) is 34.7. The number of hydrogen-bond donors (Lipinski definition) is 0. The Labute approximate surface area is 422 Å². The van der Waals surface area contributed by atoms with Crippen LogP contribution in [0.5, 0.6) is 5.75 Å². The monoisotopic (exact) mass is 983 g/mol. The summed E-state index contributed by atoms with van der Waals surface area (Å²) >= 11 is 0. The van der Waals surface area contributed by atoms with Crippen molar-refractivity contribution in [3.63, 3.8) is 0 Å². The number of hydrogen-bond acceptors (Lipinski definition) is 14. The Kier molecular flexibility index (Phi) is 36.0. The van der Waals surface area contributed by atoms with Crippen molar-refractivity contribution in [2.45, 2.75) is 136 Å². The number of piperazine rings is 1. The highest BCUT2D eigenvalue weighted by Gasteiger charge is 2.17. The molecule has 15 nitrogen and oxygen atoms in total. The van der Waals surface area contributed by atoms with Gasteiger partial charge in [0.15, 0.2) is 0 Å². The van der Waals surface area contributed by atoms with Gasteiger partial charge in [-0.2, -0.15) is 0 Å². The summed E-state index contributed by atoms with van der Waals surface area (Å²) in [4.78, 5) is 9.57. The van der Waals surface area contributed by atoms with E-state index < -0.39 is 0 Å². The molecule has 0 bridgehead atoms. The van der Waals surface area contributed by atoms with Gasteiger partial charge in [0.1, 0.15) is 11.4 Å². The lowest BCUT2D eigenvalue weighted by Crippen LogP contribution is -2.46. The van der Waals surface area contributed by atoms with Crippen molar-refractivity contribution >= 4 is 0 Å². The van der Waals surface area contributed by atoms with Crippen LogP contribution >= 0.6 is 0 Å². The third kappa shape index (κ3) is 32.1. The Morgan fingerprint density at radius 1 is 0.443 bits per heavy atom. The minimum atomic E-state index is 0.389. The number of aromatic nitrogens is 4. The first kappa shape index (κ1) is 59.5. The van der Waals surface area contributed by atoms with Crippen LogP contribution in [0.1, 0.15) is 132 Å². The van der Waals surface area contributed by atoms with Crippen molar-refractivity contribution in [1.82, 2.24) is 29.8 Å². The zero-order chi connectivity index (χ0) is 49.0. The third-order valence-corrected chi connectivity index (χ3v) is 12.3. The Bertz CT molecular complexity index is 1610. The van der Waals surface area contributed by atoms with Crippen molar-refractivity contribution in [2.75, 3.05) is 138 Å². The largest absolute Gasteiger partial charge is 0.494 e. The summed E-state index contributed by atoms with van der Waals surface area (Å²) in [5.74, 6) is 0.923. The maximum Gasteiger partial charge on any atom is 0.119 e. The molecule has 0 saturated carbocycles. The zero-order valence-electron chi connectivity index (χ0n) is 43.8. The summed E-state index contributed by atoms with van der Waals surface area (Å²) in [6.07, 6.45) is 23.9. The van der Waals surface area contributed by atoms with Gasteiger partial charge in [-0.05, 0) is 43.2 Å². The van der Waals surface area contributed by atoms with Crippen molar-refractivity contribution in [3.05, 3.63) is 71.3 Å². The van der Waals surface area contributed by atoms with E-state index in [9.17, 15) is 0 Å². The lowest BCUT2D eigenvalue weighted by Gasteiger charge is -2.34. The molecule has 0 radical (unpaired) electrons. The highest BCUT2D eigenvalue weighted by Crippen LogP contribution is 2.16. The van der Waals surface area contributed by atoms with E-state index in [0.717, 1.165) is 87.3 Å². The third-order valence-electron chi connectivity index (χ3n) is 12.3. The predicted molar refractivity (Wildman–Crippen MR) is 277 cm³/mol. The van der Waals surface area contributed by atoms with Gasteiger partial charge in [-0.25, -0.2) is 4.68 Å². The van der Waals surface area contributed by atoms with E-state index in [1.807, 2.05) is 36.0 Å². The van der Waals surface area contributed by atoms with E-state index in [1.165, 1.54) is 96.3 Å². The smallest absolute Gasteiger partial charge is 0.119 e. The predicted octanol–water partition coefficient (Wildman–Crippen LogP) is 9.12. The minimum absolute atomic E-state index is 0.389. The molecule has 15 heteroatoms. The Morgan fingerprint density at radius 2 is 0.900 bits per heavy atom. The first-order valence-electron chi connectivity index (χ1n) is 27.3. The molecule has 0 aliphatic carbocycles. The van der Waals surface area contributed by atoms with Gasteiger partial charge in [0, 0.05) is 45.0 Å². The summed E-state index contributed by atoms with van der Waals surface area (Å²) in [5.41, 5.74) is 4.17. The summed E-state index contributed by atoms with van der Waals surface area (Å²) in [7, 11) is 0. The van der Waals surface area contributed by atoms with Gasteiger partial charge in [0.25, 0.3) is 0 Å². The van der Waals surface area contributed by atoms with Crippen LogP contribution in [0.4, 0.5) is 0 Å². The van der Waals surface area contributed by atoms with Gasteiger partial charge in [-0.3, -0.25) is 14.8 Å². The van der Waals surface area contributed by atoms with E-state index in [2.05, 4.69) is 56.3 Å². The van der Waals surface area contributed by atoms with Crippen molar-refractivity contribution < 1.29 is 42.6 Å². The first-order valence-corrected chi connectivity index (χ1v) is 27.3. The summed E-state index contributed by atoms with van der Waals surface area (Å²) in [6.45, 7) is 20.3. The Balaban J connectivity index is 0.804. The topological polar surface area (TPSA) is 133 Å². The molecular weight excluding hydrogens is 889 g/mol. The second-order valence-corrected chi connectivity index (χ2v) is 18.4. The van der Waals surface area contributed by atoms with Crippen LogP contribution in [0.25, 0.3) is 0 Å². The number of rotatable bonds is 48. The van der Waals surface area contributed by atoms with Crippen LogP contribution in [-0.2, 0) is 57.6 Å². The standard InChI is InChI=1S/C55H94N6O9/c1-3-4-5-6-7-8-9-10-11-12-13-14-15-16-17-18-31-70-55-24-22-52(23-25-55)47-61-49-54(57-58-61)50-69-46-45-68-44-43-67-42-41-66-40-39-65-38-37-64-36-35-63-34-33-62-32-30-59-26-28-60(29-27-59)48-53-21-19-20-51(2)56-53/h19-25,49H,3-18,26-48,50H2,1-2H3. The van der Waals surface area contributed by atoms with Crippen LogP contribution in [0.2, 0.25) is 0 Å². The number of benzene rings is 1. The summed E-state index contributed by atoms with van der Waals surface area (Å²) in [5, 5.41) is 8.52. The van der Waals surface area contributed by atoms with Crippen LogP contribution in [0, 0.1) is 6.92 Å². The normalized spacial score (nSPS) is 13.5. The molecule has 0 spiro atoms. The second-order valence-electron chi connectivity index (χ2n) is 18.4. The molecule has 3 heterocycles. The molecule has 0 amide bonds. The fourth-order valence-electron chi connectivity index (χ4n) is 8.20. The van der Waals surface area contributed by atoms with Gasteiger partial charge >= 0.3 is 0 Å². The number of unbranched alkanes of at least 4 members (excludes halogenated alkanes) is 15. The van der Waals surface area contributed by atoms with E-state index in [0.29, 0.717) is 106 Å². The van der Waals surface area contributed by atoms with Gasteiger partial charge in [0.05, 0.1) is 131 Å². The number of nitrogens with zero attached hydrogens (tertiary/aromatic N) is 6. The van der Waals surface area contributed by atoms with Crippen molar-refractivity contribution in [2.24, 2.45) is 0 Å². The number of aryl methyl sites for hydroxylation is 1. The van der Waals surface area contributed by atoms with E-state index in [-0.39, 0.29) is 0 Å². The molecule has 4 rings (SSSR count). The van der Waals surface area contributed by atoms with Crippen LogP contribution < -0.4 is 4.74 Å². The minimum Gasteiger partial charge on any atom is -0.494 e. The fraction of sp³-hybridized carbons (Fsp3) is 0.764. The van der Waals surface area contributed by atoms with E-state index >= 15 is 0 Å². The van der Waals surface area contributed by atoms with Crippen LogP contribution in [0.15, 0.2) is 48.7 Å². The highest BCUT2D eigenvalue weighted by atomic mass is 16.6. The lowest BCUT2D eigenvalue weighted by atomic mass is 10.0. The highest BCUT2D eigenvalue weighted by molar-refractivity contribution is 5.27. The molecule has 1 aliphatic rings. The molecule has 70 heavy (non-hydrogen) atoms. The quantitative estimate of drug-likeness (QED) is 0.0498. The summed E-state index contributed by atoms with van der Waals surface area (Å²) < 4.78 is 52.9. The van der Waals surface area contributed by atoms with Gasteiger partial charge in [0.2, 0.25) is 0 Å². The zero-order valence-corrected chi connectivity index (χ0v) is 43.8. The Hall–Kier alpha value is -3.09. The maximum absolute atomic E-state index is 6.00. The second kappa shape index (κ2) is 42.4. The average Bonchev–Trinajstić information content (AvgIpc) is 3.82. The summed E-state index contributed by atoms with van der Waals surface area (Å²) in [6, 6.07) is 14.5. The van der Waals surface area contributed by atoms with Crippen LogP contribution in [0.3, 0.4) is 0 Å². The average molecular weight is 983 g/mol. The number of pyridine rings is 1. The van der Waals surface area contributed by atoms with Crippen molar-refractivity contribution in [3.8, 4) is 5.75 Å². The van der Waals surface area contributed by atoms with Gasteiger partial charge in [-0.15, -0.1) is 5.10 Å². The van der Waals surface area contributed by atoms with Crippen molar-refractivity contribution in [1.29, 1.82) is 0 Å². The molecule has 1 aromatic carbocycles. The molecular formula is C55H94N6O9. The lowest BCUT2D eigenvalue weighted by molar-refractivity contribution is -0.0242. The SMILES string of the molecule is CCCCCCCCCCCCCCCCCCOc1ccc(Cn2cc(COCCOCCOCCOCCOCCOCCOCCOCCN3CCN(Cc4cccc(C)n4)CC3)nn2)cc1. The van der Waals surface area contributed by atoms with E-state index in [1.54, 1.807) is 0 Å².